The molecule has 1 saturated carbocycles. The van der Waals surface area contributed by atoms with Gasteiger partial charge < -0.3 is 14.6 Å². The average molecular weight is 344 g/mol. The summed E-state index contributed by atoms with van der Waals surface area (Å²) in [4.78, 5) is 10.8. The van der Waals surface area contributed by atoms with Crippen molar-refractivity contribution in [3.63, 3.8) is 0 Å². The minimum Gasteiger partial charge on any atom is -0.493 e. The van der Waals surface area contributed by atoms with Gasteiger partial charge in [0.15, 0.2) is 0 Å². The van der Waals surface area contributed by atoms with Gasteiger partial charge in [-0.1, -0.05) is 12.1 Å². The molecule has 1 aliphatic carbocycles. The second kappa shape index (κ2) is 7.13. The zero-order valence-corrected chi connectivity index (χ0v) is 14.2. The van der Waals surface area contributed by atoms with E-state index in [2.05, 4.69) is 0 Å². The van der Waals surface area contributed by atoms with E-state index >= 15 is 0 Å². The molecule has 0 heterocycles. The molecule has 0 radical (unpaired) electrons. The molecule has 0 saturated heterocycles. The van der Waals surface area contributed by atoms with Crippen LogP contribution in [-0.4, -0.2) is 23.8 Å². The summed E-state index contributed by atoms with van der Waals surface area (Å²) in [5, 5.41) is 8.88. The summed E-state index contributed by atoms with van der Waals surface area (Å²) in [6.07, 6.45) is 0.688. The third-order valence-corrected chi connectivity index (χ3v) is 4.18. The average Bonchev–Trinajstić information content (AvgIpc) is 3.35. The number of ether oxygens (including phenoxy) is 2. The highest BCUT2D eigenvalue weighted by atomic mass is 19.1. The van der Waals surface area contributed by atoms with Crippen molar-refractivity contribution in [2.75, 3.05) is 6.61 Å². The monoisotopic (exact) mass is 344 g/mol. The van der Waals surface area contributed by atoms with Crippen molar-refractivity contribution in [1.29, 1.82) is 0 Å². The van der Waals surface area contributed by atoms with Gasteiger partial charge in [0, 0.05) is 11.5 Å². The van der Waals surface area contributed by atoms with Gasteiger partial charge in [-0.05, 0) is 56.2 Å². The molecule has 0 aromatic heterocycles. The highest BCUT2D eigenvalue weighted by Gasteiger charge is 2.43. The minimum atomic E-state index is -0.761. The zero-order valence-electron chi connectivity index (χ0n) is 14.2. The normalized spacial score (nSPS) is 18.9. The van der Waals surface area contributed by atoms with E-state index in [-0.39, 0.29) is 23.8 Å². The lowest BCUT2D eigenvalue weighted by atomic mass is 10.0. The van der Waals surface area contributed by atoms with Crippen LogP contribution in [0.25, 0.3) is 11.1 Å². The van der Waals surface area contributed by atoms with Gasteiger partial charge in [0.05, 0.1) is 18.6 Å². The number of hydrogen-bond acceptors (Lipinski definition) is 3. The predicted molar refractivity (Wildman–Crippen MR) is 92.3 cm³/mol. The summed E-state index contributed by atoms with van der Waals surface area (Å²) < 4.78 is 25.4. The van der Waals surface area contributed by atoms with Gasteiger partial charge in [0.1, 0.15) is 17.3 Å². The molecule has 0 amide bonds. The smallest absolute Gasteiger partial charge is 0.306 e. The number of carbonyl (C=O) groups is 1. The second-order valence-corrected chi connectivity index (χ2v) is 6.58. The summed E-state index contributed by atoms with van der Waals surface area (Å²) >= 11 is 0. The Kier molecular flexibility index (Phi) is 4.93. The molecule has 0 bridgehead atoms. The Balaban J connectivity index is 1.67. The van der Waals surface area contributed by atoms with Crippen LogP contribution in [-0.2, 0) is 4.79 Å². The highest BCUT2D eigenvalue weighted by molar-refractivity contribution is 5.73. The molecule has 3 rings (SSSR count). The first-order valence-electron chi connectivity index (χ1n) is 8.36. The topological polar surface area (TPSA) is 55.8 Å². The zero-order chi connectivity index (χ0) is 18.0. The molecule has 132 valence electrons. The van der Waals surface area contributed by atoms with E-state index in [4.69, 9.17) is 14.6 Å². The van der Waals surface area contributed by atoms with Crippen LogP contribution in [0.5, 0.6) is 11.5 Å². The number of carboxylic acids is 1. The lowest BCUT2D eigenvalue weighted by Crippen LogP contribution is -2.06. The predicted octanol–water partition coefficient (Wildman–Crippen LogP) is 4.38. The van der Waals surface area contributed by atoms with Gasteiger partial charge in [0.25, 0.3) is 0 Å². The molecule has 0 aliphatic heterocycles. The third-order valence-electron chi connectivity index (χ3n) is 4.18. The van der Waals surface area contributed by atoms with Crippen LogP contribution in [0.4, 0.5) is 4.39 Å². The van der Waals surface area contributed by atoms with Crippen molar-refractivity contribution in [2.24, 2.45) is 11.8 Å². The van der Waals surface area contributed by atoms with Gasteiger partial charge in [-0.15, -0.1) is 0 Å². The Morgan fingerprint density at radius 3 is 2.48 bits per heavy atom. The summed E-state index contributed by atoms with van der Waals surface area (Å²) in [6.45, 7) is 4.23. The van der Waals surface area contributed by atoms with Crippen molar-refractivity contribution in [1.82, 2.24) is 0 Å². The van der Waals surface area contributed by atoms with Crippen LogP contribution >= 0.6 is 0 Å². The highest BCUT2D eigenvalue weighted by Crippen LogP contribution is 2.39. The van der Waals surface area contributed by atoms with E-state index in [1.54, 1.807) is 36.4 Å². The van der Waals surface area contributed by atoms with Gasteiger partial charge in [0.2, 0.25) is 0 Å². The fraction of sp³-hybridized carbons (Fsp3) is 0.350. The van der Waals surface area contributed by atoms with Gasteiger partial charge in [-0.2, -0.15) is 0 Å². The maximum Gasteiger partial charge on any atom is 0.306 e. The van der Waals surface area contributed by atoms with Crippen molar-refractivity contribution in [3.05, 3.63) is 48.3 Å². The standard InChI is InChI=1S/C20H21FO4/c1-12(2)25-16-7-8-19(21)17(10-16)13-3-5-15(6-4-13)24-11-14-9-18(14)20(22)23/h3-8,10,12,14,18H,9,11H2,1-2H3,(H,22,23)/t14-,18-/m0/s1. The molecule has 2 aromatic rings. The Labute approximate surface area is 146 Å². The number of aliphatic carboxylic acids is 1. The molecule has 0 unspecified atom stereocenters. The summed E-state index contributed by atoms with van der Waals surface area (Å²) in [5.41, 5.74) is 1.20. The van der Waals surface area contributed by atoms with Crippen LogP contribution in [0.2, 0.25) is 0 Å². The van der Waals surface area contributed by atoms with E-state index in [0.29, 0.717) is 30.1 Å². The molecule has 2 atom stereocenters. The number of rotatable bonds is 7. The first-order valence-corrected chi connectivity index (χ1v) is 8.36. The summed E-state index contributed by atoms with van der Waals surface area (Å²) in [6, 6.07) is 11.8. The number of benzene rings is 2. The van der Waals surface area contributed by atoms with Gasteiger partial charge in [-0.3, -0.25) is 4.79 Å². The first-order chi connectivity index (χ1) is 11.9. The van der Waals surface area contributed by atoms with Crippen LogP contribution in [0.15, 0.2) is 42.5 Å². The van der Waals surface area contributed by atoms with E-state index in [1.807, 2.05) is 13.8 Å². The quantitative estimate of drug-likeness (QED) is 0.810. The molecule has 5 heteroatoms. The summed E-state index contributed by atoms with van der Waals surface area (Å²) in [5.74, 6) is 0.00137. The fourth-order valence-electron chi connectivity index (χ4n) is 2.74. The van der Waals surface area contributed by atoms with Gasteiger partial charge in [-0.25, -0.2) is 4.39 Å². The van der Waals surface area contributed by atoms with Crippen LogP contribution in [0.1, 0.15) is 20.3 Å². The van der Waals surface area contributed by atoms with Crippen LogP contribution < -0.4 is 9.47 Å². The lowest BCUT2D eigenvalue weighted by Gasteiger charge is -2.12. The Bertz CT molecular complexity index is 755. The van der Waals surface area contributed by atoms with Crippen molar-refractivity contribution >= 4 is 5.97 Å². The molecule has 2 aromatic carbocycles. The maximum absolute atomic E-state index is 14.1. The molecular weight excluding hydrogens is 323 g/mol. The number of hydrogen-bond donors (Lipinski definition) is 1. The third kappa shape index (κ3) is 4.29. The first kappa shape index (κ1) is 17.3. The van der Waals surface area contributed by atoms with E-state index in [0.717, 1.165) is 5.56 Å². The molecule has 0 spiro atoms. The van der Waals surface area contributed by atoms with Gasteiger partial charge >= 0.3 is 5.97 Å². The van der Waals surface area contributed by atoms with Crippen molar-refractivity contribution < 1.29 is 23.8 Å². The minimum absolute atomic E-state index is 0.0196. The van der Waals surface area contributed by atoms with Crippen molar-refractivity contribution in [3.8, 4) is 22.6 Å². The lowest BCUT2D eigenvalue weighted by molar-refractivity contribution is -0.138. The Morgan fingerprint density at radius 1 is 1.20 bits per heavy atom. The van der Waals surface area contributed by atoms with E-state index < -0.39 is 5.97 Å². The largest absolute Gasteiger partial charge is 0.493 e. The Hall–Kier alpha value is -2.56. The molecule has 4 nitrogen and oxygen atoms in total. The maximum atomic E-state index is 14.1. The molecular formula is C20H21FO4. The fourth-order valence-corrected chi connectivity index (χ4v) is 2.74. The van der Waals surface area contributed by atoms with E-state index in [9.17, 15) is 9.18 Å². The SMILES string of the molecule is CC(C)Oc1ccc(F)c(-c2ccc(OC[C@@H]3C[C@@H]3C(=O)O)cc2)c1. The van der Waals surface area contributed by atoms with Crippen LogP contribution in [0.3, 0.4) is 0 Å². The molecule has 25 heavy (non-hydrogen) atoms. The number of carboxylic acid groups (broad SMARTS) is 1. The number of halogens is 1. The van der Waals surface area contributed by atoms with Crippen molar-refractivity contribution in [2.45, 2.75) is 26.4 Å². The second-order valence-electron chi connectivity index (χ2n) is 6.58. The molecule has 1 N–H and O–H groups in total. The Morgan fingerprint density at radius 2 is 1.88 bits per heavy atom. The summed E-state index contributed by atoms with van der Waals surface area (Å²) in [7, 11) is 0. The molecule has 1 aliphatic rings. The van der Waals surface area contributed by atoms with Crippen LogP contribution in [0, 0.1) is 17.7 Å². The van der Waals surface area contributed by atoms with E-state index in [1.165, 1.54) is 6.07 Å². The molecule has 1 fully saturated rings.